The summed E-state index contributed by atoms with van der Waals surface area (Å²) in [4.78, 5) is 12.2. The largest absolute Gasteiger partial charge is 0.454 e. The zero-order valence-corrected chi connectivity index (χ0v) is 13.3. The van der Waals surface area contributed by atoms with Gasteiger partial charge in [0.15, 0.2) is 11.5 Å². The van der Waals surface area contributed by atoms with Crippen molar-refractivity contribution in [2.24, 2.45) is 5.10 Å². The van der Waals surface area contributed by atoms with Gasteiger partial charge in [-0.1, -0.05) is 17.7 Å². The Labute approximate surface area is 134 Å². The van der Waals surface area contributed by atoms with Crippen LogP contribution in [0, 0.1) is 13.8 Å². The number of aryl methyl sites for hydroxylation is 2. The van der Waals surface area contributed by atoms with E-state index in [1.807, 2.05) is 26.8 Å². The van der Waals surface area contributed by atoms with E-state index in [4.69, 9.17) is 9.47 Å². The summed E-state index contributed by atoms with van der Waals surface area (Å²) in [6, 6.07) is 11.2. The summed E-state index contributed by atoms with van der Waals surface area (Å²) in [5, 5.41) is 4.21. The molecule has 1 heterocycles. The lowest BCUT2D eigenvalue weighted by atomic mass is 10.0. The van der Waals surface area contributed by atoms with Crippen molar-refractivity contribution in [1.82, 2.24) is 5.43 Å². The minimum Gasteiger partial charge on any atom is -0.454 e. The summed E-state index contributed by atoms with van der Waals surface area (Å²) in [5.41, 5.74) is 7.13. The highest BCUT2D eigenvalue weighted by molar-refractivity contribution is 6.02. The van der Waals surface area contributed by atoms with Gasteiger partial charge in [-0.15, -0.1) is 0 Å². The Hall–Kier alpha value is -2.82. The lowest BCUT2D eigenvalue weighted by molar-refractivity contribution is 0.0954. The fourth-order valence-electron chi connectivity index (χ4n) is 2.42. The lowest BCUT2D eigenvalue weighted by Gasteiger charge is -2.07. The molecule has 3 rings (SSSR count). The maximum Gasteiger partial charge on any atom is 0.271 e. The van der Waals surface area contributed by atoms with Crippen LogP contribution in [-0.4, -0.2) is 18.4 Å². The summed E-state index contributed by atoms with van der Waals surface area (Å²) in [7, 11) is 0. The van der Waals surface area contributed by atoms with Gasteiger partial charge in [0.1, 0.15) is 0 Å². The summed E-state index contributed by atoms with van der Waals surface area (Å²) in [6.07, 6.45) is 0. The van der Waals surface area contributed by atoms with E-state index in [0.29, 0.717) is 17.1 Å². The van der Waals surface area contributed by atoms with Crippen molar-refractivity contribution in [2.45, 2.75) is 20.8 Å². The van der Waals surface area contributed by atoms with E-state index in [2.05, 4.69) is 22.7 Å². The number of rotatable bonds is 3. The van der Waals surface area contributed by atoms with Crippen LogP contribution >= 0.6 is 0 Å². The van der Waals surface area contributed by atoms with Gasteiger partial charge >= 0.3 is 0 Å². The Morgan fingerprint density at radius 1 is 1.09 bits per heavy atom. The predicted octanol–water partition coefficient (Wildman–Crippen LogP) is 3.19. The molecule has 5 heteroatoms. The molecule has 1 N–H and O–H groups in total. The molecule has 1 aliphatic heterocycles. The molecule has 0 aliphatic carbocycles. The normalized spacial score (nSPS) is 13.1. The Balaban J connectivity index is 1.76. The number of benzene rings is 2. The van der Waals surface area contributed by atoms with Crippen molar-refractivity contribution >= 4 is 11.6 Å². The Morgan fingerprint density at radius 2 is 1.87 bits per heavy atom. The smallest absolute Gasteiger partial charge is 0.271 e. The van der Waals surface area contributed by atoms with E-state index in [-0.39, 0.29) is 12.7 Å². The van der Waals surface area contributed by atoms with Gasteiger partial charge in [-0.25, -0.2) is 5.43 Å². The number of hydrogen-bond donors (Lipinski definition) is 1. The van der Waals surface area contributed by atoms with Gasteiger partial charge in [0.25, 0.3) is 5.91 Å². The highest BCUT2D eigenvalue weighted by Crippen LogP contribution is 2.32. The van der Waals surface area contributed by atoms with Gasteiger partial charge < -0.3 is 9.47 Å². The average molecular weight is 310 g/mol. The van der Waals surface area contributed by atoms with Crippen LogP contribution in [0.4, 0.5) is 0 Å². The number of ether oxygens (including phenoxy) is 2. The molecule has 0 bridgehead atoms. The first-order valence-electron chi connectivity index (χ1n) is 7.36. The molecule has 0 atom stereocenters. The topological polar surface area (TPSA) is 59.9 Å². The van der Waals surface area contributed by atoms with Crippen LogP contribution in [0.3, 0.4) is 0 Å². The van der Waals surface area contributed by atoms with Crippen molar-refractivity contribution in [1.29, 1.82) is 0 Å². The molecular formula is C18H18N2O3. The molecule has 0 saturated heterocycles. The minimum absolute atomic E-state index is 0.185. The number of carbonyl (C=O) groups excluding carboxylic acids is 1. The molecule has 1 amide bonds. The number of nitrogens with zero attached hydrogens (tertiary/aromatic N) is 1. The number of fused-ring (bicyclic) bond motifs is 1. The Bertz CT molecular complexity index is 797. The molecule has 5 nitrogen and oxygen atoms in total. The van der Waals surface area contributed by atoms with Crippen molar-refractivity contribution in [3.63, 3.8) is 0 Å². The van der Waals surface area contributed by atoms with Crippen LogP contribution in [0.1, 0.15) is 34.0 Å². The van der Waals surface area contributed by atoms with E-state index in [1.54, 1.807) is 18.2 Å². The zero-order valence-electron chi connectivity index (χ0n) is 13.3. The van der Waals surface area contributed by atoms with E-state index >= 15 is 0 Å². The van der Waals surface area contributed by atoms with Crippen molar-refractivity contribution in [2.75, 3.05) is 6.79 Å². The number of carbonyl (C=O) groups is 1. The van der Waals surface area contributed by atoms with Gasteiger partial charge in [-0.3, -0.25) is 4.79 Å². The van der Waals surface area contributed by atoms with E-state index in [9.17, 15) is 4.79 Å². The molecule has 0 spiro atoms. The average Bonchev–Trinajstić information content (AvgIpc) is 3.02. The maximum atomic E-state index is 12.2. The summed E-state index contributed by atoms with van der Waals surface area (Å²) < 4.78 is 10.5. The van der Waals surface area contributed by atoms with Crippen LogP contribution in [0.2, 0.25) is 0 Å². The molecule has 0 unspecified atom stereocenters. The number of amides is 1. The number of hydrazone groups is 1. The summed E-state index contributed by atoms with van der Waals surface area (Å²) >= 11 is 0. The highest BCUT2D eigenvalue weighted by atomic mass is 16.7. The van der Waals surface area contributed by atoms with E-state index in [0.717, 1.165) is 22.4 Å². The fraction of sp³-hybridized carbons (Fsp3) is 0.222. The van der Waals surface area contributed by atoms with Crippen molar-refractivity contribution < 1.29 is 14.3 Å². The Kier molecular flexibility index (Phi) is 4.02. The molecular weight excluding hydrogens is 292 g/mol. The molecule has 2 aromatic rings. The monoisotopic (exact) mass is 310 g/mol. The second-order valence-electron chi connectivity index (χ2n) is 5.52. The zero-order chi connectivity index (χ0) is 16.4. The van der Waals surface area contributed by atoms with Gasteiger partial charge in [0.2, 0.25) is 6.79 Å². The standard InChI is InChI=1S/C18H18N2O3/c1-11-4-5-12(2)15(8-11)13(3)19-20-18(21)14-6-7-16-17(9-14)23-10-22-16/h4-9H,10H2,1-3H3,(H,20,21)/b19-13+. The molecule has 0 aromatic heterocycles. The summed E-state index contributed by atoms with van der Waals surface area (Å²) in [6.45, 7) is 6.11. The third-order valence-electron chi connectivity index (χ3n) is 3.74. The van der Waals surface area contributed by atoms with Gasteiger partial charge in [-0.2, -0.15) is 5.10 Å². The third-order valence-corrected chi connectivity index (χ3v) is 3.74. The molecule has 1 aliphatic rings. The first-order chi connectivity index (χ1) is 11.0. The molecule has 23 heavy (non-hydrogen) atoms. The Morgan fingerprint density at radius 3 is 2.70 bits per heavy atom. The fourth-order valence-corrected chi connectivity index (χ4v) is 2.42. The second kappa shape index (κ2) is 6.12. The lowest BCUT2D eigenvalue weighted by Crippen LogP contribution is -2.19. The van der Waals surface area contributed by atoms with Crippen LogP contribution in [0.15, 0.2) is 41.5 Å². The van der Waals surface area contributed by atoms with Crippen LogP contribution in [0.5, 0.6) is 11.5 Å². The highest BCUT2D eigenvalue weighted by Gasteiger charge is 2.16. The second-order valence-corrected chi connectivity index (χ2v) is 5.52. The van der Waals surface area contributed by atoms with Crippen molar-refractivity contribution in [3.8, 4) is 11.5 Å². The SMILES string of the molecule is C/C(=N\NC(=O)c1ccc2c(c1)OCO2)c1cc(C)ccc1C. The number of hydrogen-bond acceptors (Lipinski definition) is 4. The van der Waals surface area contributed by atoms with Crippen LogP contribution < -0.4 is 14.9 Å². The van der Waals surface area contributed by atoms with Crippen LogP contribution in [0.25, 0.3) is 0 Å². The van der Waals surface area contributed by atoms with Crippen molar-refractivity contribution in [3.05, 3.63) is 58.7 Å². The predicted molar refractivity (Wildman–Crippen MR) is 88.2 cm³/mol. The molecule has 0 saturated carbocycles. The quantitative estimate of drug-likeness (QED) is 0.699. The molecule has 118 valence electrons. The first kappa shape index (κ1) is 15.1. The minimum atomic E-state index is -0.284. The van der Waals surface area contributed by atoms with E-state index in [1.165, 1.54) is 0 Å². The molecule has 0 fully saturated rings. The summed E-state index contributed by atoms with van der Waals surface area (Å²) in [5.74, 6) is 0.942. The molecule has 0 radical (unpaired) electrons. The van der Waals surface area contributed by atoms with E-state index < -0.39 is 0 Å². The third kappa shape index (κ3) is 3.18. The number of nitrogens with one attached hydrogen (secondary N) is 1. The first-order valence-corrected chi connectivity index (χ1v) is 7.36. The molecule has 2 aromatic carbocycles. The van der Waals surface area contributed by atoms with Gasteiger partial charge in [0, 0.05) is 11.1 Å². The van der Waals surface area contributed by atoms with Gasteiger partial charge in [0.05, 0.1) is 5.71 Å². The maximum absolute atomic E-state index is 12.2. The van der Waals surface area contributed by atoms with Gasteiger partial charge in [-0.05, 0) is 50.6 Å². The van der Waals surface area contributed by atoms with Crippen LogP contribution in [-0.2, 0) is 0 Å².